The molecule has 0 aliphatic carbocycles. The van der Waals surface area contributed by atoms with Crippen LogP contribution in [-0.2, 0) is 6.42 Å². The molecule has 0 aliphatic rings. The van der Waals surface area contributed by atoms with Gasteiger partial charge < -0.3 is 4.98 Å². The van der Waals surface area contributed by atoms with Gasteiger partial charge in [-0.05, 0) is 35.9 Å². The molecule has 0 saturated carbocycles. The van der Waals surface area contributed by atoms with Crippen molar-refractivity contribution in [1.29, 1.82) is 0 Å². The van der Waals surface area contributed by atoms with Crippen LogP contribution in [-0.4, -0.2) is 19.5 Å². The number of para-hydroxylation sites is 1. The Morgan fingerprint density at radius 3 is 2.31 bits per heavy atom. The van der Waals surface area contributed by atoms with Gasteiger partial charge in [0, 0.05) is 17.0 Å². The first-order chi connectivity index (χ1) is 17.2. The average Bonchev–Trinajstić information content (AvgIpc) is 3.32. The van der Waals surface area contributed by atoms with E-state index in [9.17, 15) is 4.79 Å². The number of benzene rings is 4. The van der Waals surface area contributed by atoms with Crippen LogP contribution in [0.1, 0.15) is 17.4 Å². The summed E-state index contributed by atoms with van der Waals surface area (Å²) in [4.78, 5) is 27.3. The van der Waals surface area contributed by atoms with Crippen molar-refractivity contribution >= 4 is 33.5 Å². The fourth-order valence-corrected chi connectivity index (χ4v) is 4.70. The third kappa shape index (κ3) is 4.00. The van der Waals surface area contributed by atoms with E-state index in [1.54, 1.807) is 4.57 Å². The van der Waals surface area contributed by atoms with Crippen molar-refractivity contribution in [2.45, 2.75) is 12.5 Å². The molecule has 0 radical (unpaired) electrons. The maximum atomic E-state index is 14.1. The van der Waals surface area contributed by atoms with Crippen molar-refractivity contribution in [3.63, 3.8) is 0 Å². The summed E-state index contributed by atoms with van der Waals surface area (Å²) in [5.74, 6) is 1.29. The number of nitrogens with zero attached hydrogens (tertiary/aromatic N) is 3. The minimum Gasteiger partial charge on any atom is -0.340 e. The molecular weight excluding hydrogens is 456 g/mol. The van der Waals surface area contributed by atoms with Crippen molar-refractivity contribution in [2.24, 2.45) is 0 Å². The molecule has 1 atom stereocenters. The average molecular weight is 477 g/mol. The van der Waals surface area contributed by atoms with Crippen LogP contribution in [0.2, 0.25) is 5.02 Å². The molecule has 0 bridgehead atoms. The maximum Gasteiger partial charge on any atom is 0.262 e. The van der Waals surface area contributed by atoms with Gasteiger partial charge in [-0.2, -0.15) is 0 Å². The molecule has 0 aliphatic heterocycles. The van der Waals surface area contributed by atoms with E-state index in [-0.39, 0.29) is 5.56 Å². The second-order valence-electron chi connectivity index (χ2n) is 8.48. The fourth-order valence-electron chi connectivity index (χ4n) is 4.53. The van der Waals surface area contributed by atoms with Gasteiger partial charge in [-0.3, -0.25) is 9.36 Å². The largest absolute Gasteiger partial charge is 0.340 e. The predicted molar refractivity (Wildman–Crippen MR) is 141 cm³/mol. The van der Waals surface area contributed by atoms with Gasteiger partial charge in [0.2, 0.25) is 0 Å². The van der Waals surface area contributed by atoms with E-state index in [4.69, 9.17) is 21.6 Å². The number of hydrogen-bond acceptors (Lipinski definition) is 3. The van der Waals surface area contributed by atoms with E-state index in [0.29, 0.717) is 34.0 Å². The number of fused-ring (bicyclic) bond motifs is 2. The zero-order valence-electron chi connectivity index (χ0n) is 18.7. The molecule has 5 nitrogen and oxygen atoms in total. The molecule has 6 aromatic rings. The molecule has 1 unspecified atom stereocenters. The van der Waals surface area contributed by atoms with Gasteiger partial charge in [0.25, 0.3) is 5.56 Å². The van der Waals surface area contributed by atoms with Gasteiger partial charge in [-0.1, -0.05) is 84.4 Å². The summed E-state index contributed by atoms with van der Waals surface area (Å²) in [7, 11) is 0. The first-order valence-corrected chi connectivity index (χ1v) is 11.8. The van der Waals surface area contributed by atoms with E-state index in [0.717, 1.165) is 22.2 Å². The van der Waals surface area contributed by atoms with E-state index in [2.05, 4.69) is 17.1 Å². The Kier molecular flexibility index (Phi) is 5.39. The smallest absolute Gasteiger partial charge is 0.262 e. The number of halogens is 1. The van der Waals surface area contributed by atoms with Gasteiger partial charge >= 0.3 is 0 Å². The standard InChI is InChI=1S/C29H21ClN4O/c30-21-15-16-24-25(18-21)32-27(31-24)26(17-19-9-3-1-4-10-19)34-28(20-11-5-2-6-12-20)33-23-14-8-7-13-22(23)29(34)35/h1-16,18,26H,17H2,(H,31,32). The third-order valence-corrected chi connectivity index (χ3v) is 6.44. The second kappa shape index (κ2) is 8.85. The van der Waals surface area contributed by atoms with Crippen molar-refractivity contribution in [2.75, 3.05) is 0 Å². The van der Waals surface area contributed by atoms with Crippen LogP contribution < -0.4 is 5.56 Å². The molecule has 4 aromatic carbocycles. The van der Waals surface area contributed by atoms with Crippen molar-refractivity contribution < 1.29 is 0 Å². The van der Waals surface area contributed by atoms with Gasteiger partial charge in [0.15, 0.2) is 0 Å². The number of aromatic amines is 1. The quantitative estimate of drug-likeness (QED) is 0.312. The van der Waals surface area contributed by atoms with E-state index < -0.39 is 6.04 Å². The Labute approximate surface area is 206 Å². The molecule has 0 fully saturated rings. The minimum absolute atomic E-state index is 0.103. The van der Waals surface area contributed by atoms with Crippen molar-refractivity contribution in [3.8, 4) is 11.4 Å². The Balaban J connectivity index is 1.65. The molecular formula is C29H21ClN4O. The highest BCUT2D eigenvalue weighted by molar-refractivity contribution is 6.31. The van der Waals surface area contributed by atoms with Crippen LogP contribution in [0.4, 0.5) is 0 Å². The number of hydrogen-bond donors (Lipinski definition) is 1. The number of aromatic nitrogens is 4. The number of nitrogens with one attached hydrogen (secondary N) is 1. The van der Waals surface area contributed by atoms with Crippen LogP contribution >= 0.6 is 11.6 Å². The van der Waals surface area contributed by atoms with Gasteiger partial charge in [0.05, 0.1) is 21.9 Å². The minimum atomic E-state index is -0.414. The first kappa shape index (κ1) is 21.3. The lowest BCUT2D eigenvalue weighted by atomic mass is 10.0. The molecule has 170 valence electrons. The van der Waals surface area contributed by atoms with Gasteiger partial charge in [-0.25, -0.2) is 9.97 Å². The predicted octanol–water partition coefficient (Wildman–Crippen LogP) is 6.43. The molecule has 6 heteroatoms. The van der Waals surface area contributed by atoms with Crippen LogP contribution in [0.15, 0.2) is 108 Å². The highest BCUT2D eigenvalue weighted by Gasteiger charge is 2.25. The van der Waals surface area contributed by atoms with Gasteiger partial charge in [-0.15, -0.1) is 0 Å². The monoisotopic (exact) mass is 476 g/mol. The van der Waals surface area contributed by atoms with Crippen LogP contribution in [0.25, 0.3) is 33.3 Å². The summed E-state index contributed by atoms with van der Waals surface area (Å²) >= 11 is 6.24. The molecule has 2 heterocycles. The summed E-state index contributed by atoms with van der Waals surface area (Å²) in [6.45, 7) is 0. The third-order valence-electron chi connectivity index (χ3n) is 6.20. The zero-order chi connectivity index (χ0) is 23.8. The van der Waals surface area contributed by atoms with Crippen LogP contribution in [0.5, 0.6) is 0 Å². The fraction of sp³-hybridized carbons (Fsp3) is 0.0690. The summed E-state index contributed by atoms with van der Waals surface area (Å²) in [5.41, 5.74) is 4.15. The highest BCUT2D eigenvalue weighted by Crippen LogP contribution is 2.29. The molecule has 0 spiro atoms. The normalized spacial score (nSPS) is 12.3. The van der Waals surface area contributed by atoms with Crippen LogP contribution in [0, 0.1) is 0 Å². The number of H-pyrrole nitrogens is 1. The maximum absolute atomic E-state index is 14.1. The van der Waals surface area contributed by atoms with Crippen molar-refractivity contribution in [3.05, 3.63) is 130 Å². The summed E-state index contributed by atoms with van der Waals surface area (Å²) in [5, 5.41) is 1.20. The lowest BCUT2D eigenvalue weighted by Gasteiger charge is -2.22. The summed E-state index contributed by atoms with van der Waals surface area (Å²) in [6, 6.07) is 32.6. The Bertz CT molecular complexity index is 1710. The number of imidazole rings is 1. The number of rotatable bonds is 5. The summed E-state index contributed by atoms with van der Waals surface area (Å²) < 4.78 is 1.78. The van der Waals surface area contributed by atoms with E-state index in [1.807, 2.05) is 91.0 Å². The zero-order valence-corrected chi connectivity index (χ0v) is 19.5. The lowest BCUT2D eigenvalue weighted by Crippen LogP contribution is -2.30. The Hall–Kier alpha value is -4.22. The molecule has 0 amide bonds. The Morgan fingerprint density at radius 2 is 1.51 bits per heavy atom. The Morgan fingerprint density at radius 1 is 0.800 bits per heavy atom. The molecule has 6 rings (SSSR count). The molecule has 0 saturated heterocycles. The lowest BCUT2D eigenvalue weighted by molar-refractivity contribution is 0.540. The van der Waals surface area contributed by atoms with E-state index >= 15 is 0 Å². The van der Waals surface area contributed by atoms with Crippen molar-refractivity contribution in [1.82, 2.24) is 19.5 Å². The molecule has 1 N–H and O–H groups in total. The van der Waals surface area contributed by atoms with Crippen LogP contribution in [0.3, 0.4) is 0 Å². The van der Waals surface area contributed by atoms with Gasteiger partial charge in [0.1, 0.15) is 17.7 Å². The SMILES string of the molecule is O=c1c2ccccc2nc(-c2ccccc2)n1C(Cc1ccccc1)c1nc2ccc(Cl)cc2[nH]1. The summed E-state index contributed by atoms with van der Waals surface area (Å²) in [6.07, 6.45) is 0.564. The first-order valence-electron chi connectivity index (χ1n) is 11.4. The highest BCUT2D eigenvalue weighted by atomic mass is 35.5. The molecule has 2 aromatic heterocycles. The molecule has 35 heavy (non-hydrogen) atoms. The topological polar surface area (TPSA) is 63.6 Å². The van der Waals surface area contributed by atoms with E-state index in [1.165, 1.54) is 0 Å². The second-order valence-corrected chi connectivity index (χ2v) is 8.92.